The number of amides is 1. The van der Waals surface area contributed by atoms with Crippen LogP contribution >= 0.6 is 11.8 Å². The van der Waals surface area contributed by atoms with Crippen molar-refractivity contribution < 1.29 is 4.79 Å². The molecule has 1 saturated heterocycles. The standard InChI is InChI=1S/C22H29N5OS/c1-16(26-11-13-29-14-12-26)5-10-20-24-19(15-27(20)23)25-21(28)17-6-8-18(9-7-17)22(2,3)4/h5-10,15H,1,11-14,23H2,2-4H3,(H,25,28)/b10-5-. The summed E-state index contributed by atoms with van der Waals surface area (Å²) in [5, 5.41) is 2.81. The first-order valence-electron chi connectivity index (χ1n) is 9.70. The highest BCUT2D eigenvalue weighted by Crippen LogP contribution is 2.22. The first-order valence-corrected chi connectivity index (χ1v) is 10.9. The minimum atomic E-state index is -0.214. The summed E-state index contributed by atoms with van der Waals surface area (Å²) in [5.41, 5.74) is 2.75. The van der Waals surface area contributed by atoms with Gasteiger partial charge in [0.15, 0.2) is 11.6 Å². The van der Waals surface area contributed by atoms with Crippen molar-refractivity contribution >= 4 is 29.6 Å². The van der Waals surface area contributed by atoms with Gasteiger partial charge in [-0.1, -0.05) is 39.5 Å². The van der Waals surface area contributed by atoms with Crippen molar-refractivity contribution in [1.29, 1.82) is 0 Å². The number of thioether (sulfide) groups is 1. The second-order valence-corrected chi connectivity index (χ2v) is 9.32. The molecule has 1 aliphatic heterocycles. The fourth-order valence-electron chi connectivity index (χ4n) is 3.03. The molecule has 1 aromatic heterocycles. The van der Waals surface area contributed by atoms with Crippen molar-refractivity contribution in [1.82, 2.24) is 14.6 Å². The highest BCUT2D eigenvalue weighted by Gasteiger charge is 2.15. The summed E-state index contributed by atoms with van der Waals surface area (Å²) in [6.45, 7) is 12.6. The van der Waals surface area contributed by atoms with Crippen LogP contribution in [0.3, 0.4) is 0 Å². The van der Waals surface area contributed by atoms with Crippen LogP contribution in [-0.2, 0) is 5.41 Å². The van der Waals surface area contributed by atoms with Gasteiger partial charge < -0.3 is 16.1 Å². The van der Waals surface area contributed by atoms with Gasteiger partial charge in [0.25, 0.3) is 5.91 Å². The summed E-state index contributed by atoms with van der Waals surface area (Å²) < 4.78 is 1.40. The van der Waals surface area contributed by atoms with E-state index in [1.54, 1.807) is 6.20 Å². The van der Waals surface area contributed by atoms with Gasteiger partial charge in [-0.05, 0) is 35.3 Å². The molecule has 0 saturated carbocycles. The molecule has 0 spiro atoms. The van der Waals surface area contributed by atoms with Crippen molar-refractivity contribution in [2.45, 2.75) is 26.2 Å². The number of nitrogens with zero attached hydrogens (tertiary/aromatic N) is 3. The van der Waals surface area contributed by atoms with Crippen LogP contribution in [0.1, 0.15) is 42.5 Å². The Morgan fingerprint density at radius 2 is 1.90 bits per heavy atom. The molecule has 3 N–H and O–H groups in total. The molecule has 0 bridgehead atoms. The zero-order valence-corrected chi connectivity index (χ0v) is 18.1. The van der Waals surface area contributed by atoms with Crippen LogP contribution in [0.4, 0.5) is 5.82 Å². The zero-order valence-electron chi connectivity index (χ0n) is 17.3. The Labute approximate surface area is 176 Å². The molecular weight excluding hydrogens is 382 g/mol. The molecule has 0 unspecified atom stereocenters. The Hall–Kier alpha value is -2.67. The lowest BCUT2D eigenvalue weighted by Gasteiger charge is -2.28. The van der Waals surface area contributed by atoms with E-state index in [4.69, 9.17) is 5.84 Å². The monoisotopic (exact) mass is 411 g/mol. The number of carbonyl (C=O) groups is 1. The van der Waals surface area contributed by atoms with E-state index in [2.05, 4.69) is 42.6 Å². The predicted octanol–water partition coefficient (Wildman–Crippen LogP) is 3.72. The Bertz CT molecular complexity index is 902. The van der Waals surface area contributed by atoms with E-state index in [-0.39, 0.29) is 11.3 Å². The largest absolute Gasteiger partial charge is 0.370 e. The summed E-state index contributed by atoms with van der Waals surface area (Å²) in [6, 6.07) is 7.62. The fraction of sp³-hybridized carbons (Fsp3) is 0.364. The van der Waals surface area contributed by atoms with Crippen LogP contribution in [0, 0.1) is 0 Å². The average Bonchev–Trinajstić information content (AvgIpc) is 3.05. The topological polar surface area (TPSA) is 76.2 Å². The number of nitrogen functional groups attached to an aromatic ring is 1. The lowest BCUT2D eigenvalue weighted by molar-refractivity contribution is 0.102. The number of allylic oxidation sites excluding steroid dienone is 1. The van der Waals surface area contributed by atoms with E-state index in [1.807, 2.05) is 48.2 Å². The summed E-state index contributed by atoms with van der Waals surface area (Å²) in [6.07, 6.45) is 5.33. The first kappa shape index (κ1) is 21.0. The van der Waals surface area contributed by atoms with E-state index >= 15 is 0 Å². The molecule has 2 aromatic rings. The van der Waals surface area contributed by atoms with E-state index < -0.39 is 0 Å². The first-order chi connectivity index (χ1) is 13.7. The van der Waals surface area contributed by atoms with Crippen molar-refractivity contribution in [2.75, 3.05) is 35.8 Å². The molecule has 1 amide bonds. The minimum absolute atomic E-state index is 0.0472. The van der Waals surface area contributed by atoms with Gasteiger partial charge in [0.1, 0.15) is 0 Å². The third-order valence-electron chi connectivity index (χ3n) is 4.86. The van der Waals surface area contributed by atoms with Crippen LogP contribution in [0.15, 0.2) is 48.8 Å². The maximum absolute atomic E-state index is 12.5. The number of nitrogens with two attached hydrogens (primary N) is 1. The van der Waals surface area contributed by atoms with E-state index in [9.17, 15) is 4.79 Å². The highest BCUT2D eigenvalue weighted by molar-refractivity contribution is 7.99. The van der Waals surface area contributed by atoms with E-state index in [0.717, 1.165) is 30.3 Å². The number of carbonyl (C=O) groups excluding carboxylic acids is 1. The Morgan fingerprint density at radius 1 is 1.24 bits per heavy atom. The van der Waals surface area contributed by atoms with Gasteiger partial charge in [-0.25, -0.2) is 9.66 Å². The number of hydrogen-bond donors (Lipinski definition) is 2. The molecule has 2 heterocycles. The maximum Gasteiger partial charge on any atom is 0.256 e. The van der Waals surface area contributed by atoms with Gasteiger partial charge in [0.05, 0.1) is 6.20 Å². The second kappa shape index (κ2) is 8.78. The van der Waals surface area contributed by atoms with Crippen LogP contribution in [0.25, 0.3) is 6.08 Å². The Morgan fingerprint density at radius 3 is 2.52 bits per heavy atom. The van der Waals surface area contributed by atoms with Gasteiger partial charge >= 0.3 is 0 Å². The van der Waals surface area contributed by atoms with Crippen LogP contribution in [0.2, 0.25) is 0 Å². The molecular formula is C22H29N5OS. The number of benzene rings is 1. The SMILES string of the molecule is C=C(/C=C\c1nc(NC(=O)c2ccc(C(C)(C)C)cc2)cn1N)N1CCSCC1. The van der Waals surface area contributed by atoms with Gasteiger partial charge in [0.2, 0.25) is 0 Å². The zero-order chi connectivity index (χ0) is 21.0. The summed E-state index contributed by atoms with van der Waals surface area (Å²) in [4.78, 5) is 19.2. The number of nitrogens with one attached hydrogen (secondary N) is 1. The summed E-state index contributed by atoms with van der Waals surface area (Å²) in [5.74, 6) is 8.98. The molecule has 1 aromatic carbocycles. The summed E-state index contributed by atoms with van der Waals surface area (Å²) >= 11 is 1.96. The van der Waals surface area contributed by atoms with Gasteiger partial charge in [-0.3, -0.25) is 4.79 Å². The van der Waals surface area contributed by atoms with E-state index in [0.29, 0.717) is 17.2 Å². The number of imidazole rings is 1. The molecule has 1 aliphatic rings. The van der Waals surface area contributed by atoms with E-state index in [1.165, 1.54) is 10.2 Å². The fourth-order valence-corrected chi connectivity index (χ4v) is 3.93. The van der Waals surface area contributed by atoms with Gasteiger partial charge in [-0.15, -0.1) is 0 Å². The third-order valence-corrected chi connectivity index (χ3v) is 5.80. The lowest BCUT2D eigenvalue weighted by Crippen LogP contribution is -2.30. The predicted molar refractivity (Wildman–Crippen MR) is 123 cm³/mol. The van der Waals surface area contributed by atoms with Crippen molar-refractivity contribution in [2.24, 2.45) is 0 Å². The molecule has 3 rings (SSSR count). The number of rotatable bonds is 5. The summed E-state index contributed by atoms with van der Waals surface area (Å²) in [7, 11) is 0. The molecule has 0 atom stereocenters. The number of anilines is 1. The smallest absolute Gasteiger partial charge is 0.256 e. The average molecular weight is 412 g/mol. The van der Waals surface area contributed by atoms with Crippen LogP contribution in [0.5, 0.6) is 0 Å². The minimum Gasteiger partial charge on any atom is -0.370 e. The molecule has 0 radical (unpaired) electrons. The molecule has 29 heavy (non-hydrogen) atoms. The molecule has 6 nitrogen and oxygen atoms in total. The van der Waals surface area contributed by atoms with Crippen molar-refractivity contribution in [3.05, 3.63) is 65.8 Å². The number of aromatic nitrogens is 2. The maximum atomic E-state index is 12.5. The Balaban J connectivity index is 1.64. The normalized spacial score (nSPS) is 14.9. The number of hydrogen-bond acceptors (Lipinski definition) is 5. The van der Waals surface area contributed by atoms with Gasteiger partial charge in [-0.2, -0.15) is 11.8 Å². The van der Waals surface area contributed by atoms with Gasteiger partial charge in [0, 0.05) is 35.9 Å². The van der Waals surface area contributed by atoms with Crippen LogP contribution < -0.4 is 11.2 Å². The molecule has 0 aliphatic carbocycles. The Kier molecular flexibility index (Phi) is 6.37. The van der Waals surface area contributed by atoms with Crippen molar-refractivity contribution in [3.8, 4) is 0 Å². The molecule has 7 heteroatoms. The molecule has 1 fully saturated rings. The third kappa shape index (κ3) is 5.44. The van der Waals surface area contributed by atoms with Crippen LogP contribution in [-0.4, -0.2) is 45.1 Å². The second-order valence-electron chi connectivity index (χ2n) is 8.10. The lowest BCUT2D eigenvalue weighted by atomic mass is 9.87. The quantitative estimate of drug-likeness (QED) is 0.579. The highest BCUT2D eigenvalue weighted by atomic mass is 32.2. The molecule has 154 valence electrons. The van der Waals surface area contributed by atoms with Crippen molar-refractivity contribution in [3.63, 3.8) is 0 Å².